The molecule has 5 nitrogen and oxygen atoms in total. The molecular weight excluding hydrogens is 325 g/mol. The number of hydrogen-bond donors (Lipinski definition) is 3. The minimum absolute atomic E-state index is 0.0555. The van der Waals surface area contributed by atoms with Gasteiger partial charge in [-0.1, -0.05) is 12.1 Å². The molecule has 126 valence electrons. The molecule has 0 spiro atoms. The highest BCUT2D eigenvalue weighted by atomic mass is 19.4. The molecular formula is C16H13F3N2O3. The van der Waals surface area contributed by atoms with E-state index in [9.17, 15) is 28.2 Å². The van der Waals surface area contributed by atoms with E-state index < -0.39 is 30.5 Å². The molecule has 0 aromatic heterocycles. The lowest BCUT2D eigenvalue weighted by Crippen LogP contribution is -2.47. The van der Waals surface area contributed by atoms with Gasteiger partial charge in [-0.3, -0.25) is 4.79 Å². The molecule has 3 N–H and O–H groups in total. The molecule has 0 aliphatic carbocycles. The van der Waals surface area contributed by atoms with Gasteiger partial charge in [0.2, 0.25) is 0 Å². The van der Waals surface area contributed by atoms with Gasteiger partial charge >= 0.3 is 6.18 Å². The zero-order chi connectivity index (χ0) is 17.5. The van der Waals surface area contributed by atoms with E-state index in [1.54, 1.807) is 18.2 Å². The van der Waals surface area contributed by atoms with Crippen LogP contribution in [0.5, 0.6) is 11.5 Å². The van der Waals surface area contributed by atoms with E-state index in [0.717, 1.165) is 6.07 Å². The summed E-state index contributed by atoms with van der Waals surface area (Å²) < 4.78 is 38.8. The fourth-order valence-corrected chi connectivity index (χ4v) is 2.66. The number of alkyl halides is 3. The lowest BCUT2D eigenvalue weighted by Gasteiger charge is -2.38. The smallest absolute Gasteiger partial charge is 0.406 e. The van der Waals surface area contributed by atoms with Crippen molar-refractivity contribution in [3.05, 3.63) is 53.6 Å². The quantitative estimate of drug-likeness (QED) is 0.786. The number of fused-ring (bicyclic) bond motifs is 1. The van der Waals surface area contributed by atoms with Gasteiger partial charge in [0.25, 0.3) is 5.91 Å². The predicted octanol–water partition coefficient (Wildman–Crippen LogP) is 3.23. The van der Waals surface area contributed by atoms with Crippen LogP contribution in [0.2, 0.25) is 0 Å². The number of aromatic hydroxyl groups is 2. The number of phenolic OH excluding ortho intramolecular Hbond substituents is 2. The van der Waals surface area contributed by atoms with Crippen LogP contribution >= 0.6 is 0 Å². The van der Waals surface area contributed by atoms with Crippen molar-refractivity contribution in [2.24, 2.45) is 0 Å². The second-order valence-electron chi connectivity index (χ2n) is 5.38. The normalized spacial score (nSPS) is 17.4. The Morgan fingerprint density at radius 2 is 1.83 bits per heavy atom. The van der Waals surface area contributed by atoms with Crippen LogP contribution in [0.4, 0.5) is 18.9 Å². The number of hydrogen-bond acceptors (Lipinski definition) is 4. The largest absolute Gasteiger partial charge is 0.508 e. The van der Waals surface area contributed by atoms with Crippen LogP contribution in [-0.2, 0) is 0 Å². The molecule has 1 amide bonds. The Morgan fingerprint density at radius 3 is 2.50 bits per heavy atom. The Balaban J connectivity index is 2.09. The molecule has 1 heterocycles. The maximum absolute atomic E-state index is 12.9. The van der Waals surface area contributed by atoms with Crippen molar-refractivity contribution in [2.45, 2.75) is 12.3 Å². The van der Waals surface area contributed by atoms with Crippen molar-refractivity contribution in [3.63, 3.8) is 0 Å². The Labute approximate surface area is 134 Å². The maximum atomic E-state index is 12.9. The number of halogens is 3. The second kappa shape index (κ2) is 5.63. The summed E-state index contributed by atoms with van der Waals surface area (Å²) in [7, 11) is 0. The summed E-state index contributed by atoms with van der Waals surface area (Å²) >= 11 is 0. The Hall–Kier alpha value is -2.90. The van der Waals surface area contributed by atoms with Gasteiger partial charge < -0.3 is 20.4 Å². The van der Waals surface area contributed by atoms with E-state index in [2.05, 4.69) is 5.32 Å². The summed E-state index contributed by atoms with van der Waals surface area (Å²) in [5.74, 6) is -1.44. The molecule has 0 radical (unpaired) electrons. The Morgan fingerprint density at radius 1 is 1.12 bits per heavy atom. The number of phenols is 2. The third kappa shape index (κ3) is 2.94. The highest BCUT2D eigenvalue weighted by Crippen LogP contribution is 2.38. The van der Waals surface area contributed by atoms with E-state index in [4.69, 9.17) is 0 Å². The Kier molecular flexibility index (Phi) is 3.75. The van der Waals surface area contributed by atoms with E-state index in [1.807, 2.05) is 0 Å². The van der Waals surface area contributed by atoms with E-state index >= 15 is 0 Å². The predicted molar refractivity (Wildman–Crippen MR) is 79.7 cm³/mol. The molecule has 1 aliphatic rings. The summed E-state index contributed by atoms with van der Waals surface area (Å²) in [4.78, 5) is 13.1. The number of carbonyl (C=O) groups excluding carboxylic acids is 1. The first kappa shape index (κ1) is 16.0. The maximum Gasteiger partial charge on any atom is 0.406 e. The number of rotatable bonds is 2. The first-order valence-corrected chi connectivity index (χ1v) is 7.01. The van der Waals surface area contributed by atoms with Crippen LogP contribution in [0.3, 0.4) is 0 Å². The van der Waals surface area contributed by atoms with Gasteiger partial charge in [-0.25, -0.2) is 0 Å². The van der Waals surface area contributed by atoms with Crippen LogP contribution in [-0.4, -0.2) is 33.7 Å². The molecule has 2 aromatic carbocycles. The summed E-state index contributed by atoms with van der Waals surface area (Å²) in [6, 6.07) is 9.71. The zero-order valence-electron chi connectivity index (χ0n) is 12.2. The number of nitrogens with zero attached hydrogens (tertiary/aromatic N) is 1. The van der Waals surface area contributed by atoms with Gasteiger partial charge in [-0.15, -0.1) is 0 Å². The molecule has 1 atom stereocenters. The average molecular weight is 338 g/mol. The summed E-state index contributed by atoms with van der Waals surface area (Å²) in [5, 5.41) is 22.2. The van der Waals surface area contributed by atoms with Crippen molar-refractivity contribution in [2.75, 3.05) is 11.9 Å². The number of carbonyl (C=O) groups is 1. The van der Waals surface area contributed by atoms with Crippen molar-refractivity contribution in [1.29, 1.82) is 0 Å². The van der Waals surface area contributed by atoms with Gasteiger partial charge in [0.15, 0.2) is 0 Å². The van der Waals surface area contributed by atoms with Crippen molar-refractivity contribution >= 4 is 11.6 Å². The molecule has 2 aromatic rings. The Bertz CT molecular complexity index is 792. The lowest BCUT2D eigenvalue weighted by molar-refractivity contribution is -0.144. The van der Waals surface area contributed by atoms with Crippen LogP contribution in [0, 0.1) is 0 Å². The van der Waals surface area contributed by atoms with Crippen molar-refractivity contribution in [1.82, 2.24) is 4.90 Å². The molecule has 0 bridgehead atoms. The van der Waals surface area contributed by atoms with Crippen LogP contribution < -0.4 is 5.32 Å². The van der Waals surface area contributed by atoms with Gasteiger partial charge in [-0.05, 0) is 24.3 Å². The first-order chi connectivity index (χ1) is 11.3. The van der Waals surface area contributed by atoms with E-state index in [-0.39, 0.29) is 16.9 Å². The average Bonchev–Trinajstić information content (AvgIpc) is 2.49. The molecule has 1 aliphatic heterocycles. The lowest BCUT2D eigenvalue weighted by atomic mass is 10.0. The number of benzene rings is 2. The highest BCUT2D eigenvalue weighted by Gasteiger charge is 2.41. The molecule has 0 saturated carbocycles. The van der Waals surface area contributed by atoms with Crippen LogP contribution in [0.25, 0.3) is 0 Å². The molecule has 0 fully saturated rings. The topological polar surface area (TPSA) is 72.8 Å². The van der Waals surface area contributed by atoms with Crippen molar-refractivity contribution in [3.8, 4) is 11.5 Å². The summed E-state index contributed by atoms with van der Waals surface area (Å²) in [5.41, 5.74) is 0.551. The third-order valence-electron chi connectivity index (χ3n) is 3.68. The molecule has 8 heteroatoms. The number of anilines is 1. The monoisotopic (exact) mass is 338 g/mol. The number of amides is 1. The fraction of sp³-hybridized carbons (Fsp3) is 0.188. The second-order valence-corrected chi connectivity index (χ2v) is 5.38. The fourth-order valence-electron chi connectivity index (χ4n) is 2.66. The molecule has 24 heavy (non-hydrogen) atoms. The number of nitrogens with one attached hydrogen (secondary N) is 1. The zero-order valence-corrected chi connectivity index (χ0v) is 12.2. The van der Waals surface area contributed by atoms with Crippen molar-refractivity contribution < 1.29 is 28.2 Å². The van der Waals surface area contributed by atoms with E-state index in [1.165, 1.54) is 18.2 Å². The standard InChI is InChI=1S/C16H13F3N2O3/c17-16(18,19)8-21-14(11-6-5-9(22)7-13(11)23)20-12-4-2-1-3-10(12)15(21)24/h1-7,14,20,22-23H,8H2/t14-/m1/s1. The highest BCUT2D eigenvalue weighted by molar-refractivity contribution is 6.01. The van der Waals surface area contributed by atoms with Gasteiger partial charge in [0.1, 0.15) is 24.2 Å². The van der Waals surface area contributed by atoms with Gasteiger partial charge in [-0.2, -0.15) is 13.2 Å². The number of para-hydroxylation sites is 1. The summed E-state index contributed by atoms with van der Waals surface area (Å²) in [6.07, 6.45) is -5.82. The van der Waals surface area contributed by atoms with Crippen LogP contribution in [0.15, 0.2) is 42.5 Å². The van der Waals surface area contributed by atoms with E-state index in [0.29, 0.717) is 10.6 Å². The molecule has 3 rings (SSSR count). The SMILES string of the molecule is O=C1c2ccccc2N[C@@H](c2ccc(O)cc2O)N1CC(F)(F)F. The van der Waals surface area contributed by atoms with Gasteiger partial charge in [0, 0.05) is 17.3 Å². The van der Waals surface area contributed by atoms with Crippen LogP contribution in [0.1, 0.15) is 22.1 Å². The molecule has 0 unspecified atom stereocenters. The minimum Gasteiger partial charge on any atom is -0.508 e. The first-order valence-electron chi connectivity index (χ1n) is 7.01. The molecule has 0 saturated heterocycles. The minimum atomic E-state index is -4.60. The third-order valence-corrected chi connectivity index (χ3v) is 3.68. The summed E-state index contributed by atoms with van der Waals surface area (Å²) in [6.45, 7) is -1.47. The van der Waals surface area contributed by atoms with Gasteiger partial charge in [0.05, 0.1) is 5.56 Å².